The third-order valence-corrected chi connectivity index (χ3v) is 5.46. The highest BCUT2D eigenvalue weighted by Crippen LogP contribution is 2.18. The lowest BCUT2D eigenvalue weighted by molar-refractivity contribution is -0.929. The predicted molar refractivity (Wildman–Crippen MR) is 109 cm³/mol. The van der Waals surface area contributed by atoms with Crippen molar-refractivity contribution in [2.75, 3.05) is 32.8 Å². The van der Waals surface area contributed by atoms with Gasteiger partial charge in [0.2, 0.25) is 0 Å². The Morgan fingerprint density at radius 3 is 1.21 bits per heavy atom. The molecule has 0 aromatic rings. The van der Waals surface area contributed by atoms with Gasteiger partial charge in [-0.2, -0.15) is 0 Å². The molecule has 7 heteroatoms. The molecule has 0 bridgehead atoms. The molecular weight excluding hydrogens is 365 g/mol. The van der Waals surface area contributed by atoms with Crippen LogP contribution in [0.5, 0.6) is 0 Å². The van der Waals surface area contributed by atoms with Gasteiger partial charge in [0.25, 0.3) is 0 Å². The predicted octanol–water partition coefficient (Wildman–Crippen LogP) is -0.575. The van der Waals surface area contributed by atoms with Crippen molar-refractivity contribution in [3.8, 4) is 0 Å². The molecule has 0 amide bonds. The summed E-state index contributed by atoms with van der Waals surface area (Å²) in [7, 11) is 0. The third kappa shape index (κ3) is 11.0. The summed E-state index contributed by atoms with van der Waals surface area (Å²) < 4.78 is 5.96. The van der Waals surface area contributed by atoms with E-state index in [2.05, 4.69) is 32.4 Å². The molecule has 0 spiro atoms. The number of aliphatic hydroxyl groups excluding tert-OH is 4. The van der Waals surface area contributed by atoms with Crippen molar-refractivity contribution in [3.05, 3.63) is 0 Å². The largest absolute Gasteiger partial charge is 1.00 e. The molecule has 0 saturated carbocycles. The minimum Gasteiger partial charge on any atom is -1.00 e. The molecule has 1 fully saturated rings. The molecule has 0 unspecified atom stereocenters. The van der Waals surface area contributed by atoms with Crippen LogP contribution in [0.1, 0.15) is 79.1 Å². The first-order chi connectivity index (χ1) is 12.9. The average molecular weight is 412 g/mol. The summed E-state index contributed by atoms with van der Waals surface area (Å²) in [6.07, 6.45) is 6.31. The summed E-state index contributed by atoms with van der Waals surface area (Å²) in [4.78, 5) is 0. The number of ether oxygens (including phenoxy) is 1. The summed E-state index contributed by atoms with van der Waals surface area (Å²) >= 11 is 0. The van der Waals surface area contributed by atoms with Gasteiger partial charge in [0, 0.05) is 0 Å². The van der Waals surface area contributed by atoms with Crippen molar-refractivity contribution in [3.63, 3.8) is 0 Å². The summed E-state index contributed by atoms with van der Waals surface area (Å²) in [6.45, 7) is 14.6. The highest BCUT2D eigenvalue weighted by Gasteiger charge is 2.41. The van der Waals surface area contributed by atoms with Gasteiger partial charge in [-0.25, -0.2) is 0 Å². The zero-order chi connectivity index (χ0) is 20.7. The summed E-state index contributed by atoms with van der Waals surface area (Å²) in [5, 5.41) is 35.0. The molecule has 0 aliphatic carbocycles. The number of halogens is 1. The smallest absolute Gasteiger partial charge is 0.184 e. The maximum absolute atomic E-state index is 8.93. The Hall–Kier alpha value is -0.310. The van der Waals surface area contributed by atoms with E-state index >= 15 is 0 Å². The van der Waals surface area contributed by atoms with Crippen LogP contribution >= 0.6 is 0 Å². The summed E-state index contributed by atoms with van der Waals surface area (Å²) in [5.41, 5.74) is 0. The van der Waals surface area contributed by atoms with Crippen LogP contribution in [0, 0.1) is 0 Å². The average Bonchev–Trinajstić information content (AvgIpc) is 2.94. The van der Waals surface area contributed by atoms with Crippen molar-refractivity contribution in [2.45, 2.75) is 104 Å². The Kier molecular flexibility index (Phi) is 18.7. The fourth-order valence-corrected chi connectivity index (χ4v) is 3.52. The quantitative estimate of drug-likeness (QED) is 0.305. The standard InChI is InChI=1S/C16H36N.C5H10O5.FH/c1-5-9-13-17(14-10-6-2,15-11-7-3)16-12-8-4;6-1-2-3(7)4(8)5(9)10-2;/h5-16H2,1-4H3;2-9H,1H2;1H/q+1;;/p-1/t;2-,3+,4+,5-;/m.1./s1. The third-order valence-electron chi connectivity index (χ3n) is 5.46. The molecule has 1 aliphatic rings. The maximum Gasteiger partial charge on any atom is 0.184 e. The van der Waals surface area contributed by atoms with Gasteiger partial charge in [-0.3, -0.25) is 0 Å². The fraction of sp³-hybridized carbons (Fsp3) is 1.00. The van der Waals surface area contributed by atoms with E-state index < -0.39 is 31.2 Å². The summed E-state index contributed by atoms with van der Waals surface area (Å²) in [6, 6.07) is 0. The Morgan fingerprint density at radius 1 is 0.679 bits per heavy atom. The molecule has 0 radical (unpaired) electrons. The first kappa shape index (κ1) is 29.9. The van der Waals surface area contributed by atoms with Crippen molar-refractivity contribution in [2.24, 2.45) is 0 Å². The monoisotopic (exact) mass is 411 g/mol. The fourth-order valence-electron chi connectivity index (χ4n) is 3.52. The molecular formula is C21H46FNO5. The second-order valence-corrected chi connectivity index (χ2v) is 7.88. The van der Waals surface area contributed by atoms with Gasteiger partial charge >= 0.3 is 0 Å². The molecule has 0 aromatic heterocycles. The van der Waals surface area contributed by atoms with Crippen LogP contribution in [-0.4, -0.2) is 82.3 Å². The normalized spacial score (nSPS) is 24.4. The minimum absolute atomic E-state index is 0. The van der Waals surface area contributed by atoms with Crippen LogP contribution < -0.4 is 4.70 Å². The van der Waals surface area contributed by atoms with E-state index in [0.29, 0.717) is 0 Å². The first-order valence-electron chi connectivity index (χ1n) is 11.1. The molecule has 1 heterocycles. The molecule has 6 nitrogen and oxygen atoms in total. The van der Waals surface area contributed by atoms with Crippen LogP contribution in [0.2, 0.25) is 0 Å². The second kappa shape index (κ2) is 17.5. The van der Waals surface area contributed by atoms with Crippen molar-refractivity contribution < 1.29 is 34.4 Å². The van der Waals surface area contributed by atoms with Gasteiger partial charge in [0.05, 0.1) is 32.8 Å². The molecule has 1 aliphatic heterocycles. The van der Waals surface area contributed by atoms with Crippen molar-refractivity contribution in [1.29, 1.82) is 0 Å². The molecule has 4 N–H and O–H groups in total. The van der Waals surface area contributed by atoms with Crippen molar-refractivity contribution in [1.82, 2.24) is 0 Å². The van der Waals surface area contributed by atoms with Crippen LogP contribution in [-0.2, 0) is 4.74 Å². The van der Waals surface area contributed by atoms with Gasteiger partial charge in [0.1, 0.15) is 18.3 Å². The van der Waals surface area contributed by atoms with Crippen LogP contribution in [0.15, 0.2) is 0 Å². The number of unbranched alkanes of at least 4 members (excludes halogenated alkanes) is 4. The highest BCUT2D eigenvalue weighted by molar-refractivity contribution is 4.84. The van der Waals surface area contributed by atoms with Crippen molar-refractivity contribution >= 4 is 0 Å². The lowest BCUT2D eigenvalue weighted by Crippen LogP contribution is -3.00. The van der Waals surface area contributed by atoms with Gasteiger partial charge in [-0.1, -0.05) is 53.4 Å². The number of quaternary nitrogens is 1. The Bertz CT molecular complexity index is 311. The number of rotatable bonds is 13. The number of aliphatic hydroxyl groups is 4. The van der Waals surface area contributed by atoms with E-state index in [-0.39, 0.29) is 4.70 Å². The lowest BCUT2D eigenvalue weighted by Gasteiger charge is -2.39. The first-order valence-corrected chi connectivity index (χ1v) is 11.1. The van der Waals surface area contributed by atoms with Gasteiger partial charge < -0.3 is 34.4 Å². The molecule has 172 valence electrons. The number of hydrogen-bond donors (Lipinski definition) is 4. The van der Waals surface area contributed by atoms with E-state index in [4.69, 9.17) is 20.4 Å². The molecule has 1 rings (SSSR count). The Morgan fingerprint density at radius 2 is 1.04 bits per heavy atom. The topological polar surface area (TPSA) is 90.2 Å². The van der Waals surface area contributed by atoms with E-state index in [9.17, 15) is 0 Å². The SMILES string of the molecule is CCCC[N+](CCCC)(CCCC)CCCC.OC[C@H]1O[C@@H](O)[C@@H](O)[C@H]1O.[F-]. The molecule has 4 atom stereocenters. The molecule has 1 saturated heterocycles. The zero-order valence-corrected chi connectivity index (χ0v) is 18.5. The Balaban J connectivity index is 0. The second-order valence-electron chi connectivity index (χ2n) is 7.88. The van der Waals surface area contributed by atoms with Crippen LogP contribution in [0.4, 0.5) is 0 Å². The summed E-state index contributed by atoms with van der Waals surface area (Å²) in [5.74, 6) is 0. The maximum atomic E-state index is 8.93. The number of nitrogens with zero attached hydrogens (tertiary/aromatic N) is 1. The van der Waals surface area contributed by atoms with Crippen LogP contribution in [0.25, 0.3) is 0 Å². The van der Waals surface area contributed by atoms with Crippen LogP contribution in [0.3, 0.4) is 0 Å². The lowest BCUT2D eigenvalue weighted by atomic mass is 10.1. The minimum atomic E-state index is -1.38. The number of hydrogen-bond acceptors (Lipinski definition) is 5. The molecule has 28 heavy (non-hydrogen) atoms. The van der Waals surface area contributed by atoms with Gasteiger partial charge in [0.15, 0.2) is 6.29 Å². The van der Waals surface area contributed by atoms with E-state index in [1.807, 2.05) is 0 Å². The van der Waals surface area contributed by atoms with Gasteiger partial charge in [-0.05, 0) is 25.7 Å². The zero-order valence-electron chi connectivity index (χ0n) is 18.5. The highest BCUT2D eigenvalue weighted by atomic mass is 19.0. The van der Waals surface area contributed by atoms with E-state index in [0.717, 1.165) is 0 Å². The molecule has 0 aromatic carbocycles. The van der Waals surface area contributed by atoms with Gasteiger partial charge in [-0.15, -0.1) is 0 Å². The Labute approximate surface area is 171 Å². The van der Waals surface area contributed by atoms with E-state index in [1.54, 1.807) is 0 Å². The van der Waals surface area contributed by atoms with E-state index in [1.165, 1.54) is 82.0 Å².